The van der Waals surface area contributed by atoms with Gasteiger partial charge in [0.25, 0.3) is 0 Å². The van der Waals surface area contributed by atoms with Crippen LogP contribution >= 0.6 is 0 Å². The molecule has 0 spiro atoms. The Hall–Kier alpha value is -5.35. The lowest BCUT2D eigenvalue weighted by molar-refractivity contribution is 0.625. The van der Waals surface area contributed by atoms with Crippen LogP contribution in [-0.2, 0) is 0 Å². The summed E-state index contributed by atoms with van der Waals surface area (Å²) in [4.78, 5) is 15.0. The van der Waals surface area contributed by atoms with Gasteiger partial charge in [0.15, 0.2) is 23.2 Å². The Balaban J connectivity index is 1.48. The molecule has 4 nitrogen and oxygen atoms in total. The third-order valence-electron chi connectivity index (χ3n) is 6.79. The number of nitrogens with zero attached hydrogens (tertiary/aromatic N) is 3. The number of aromatic nitrogens is 3. The summed E-state index contributed by atoms with van der Waals surface area (Å²) in [5.74, 6) is 2.29. The Labute approximate surface area is 226 Å². The van der Waals surface area contributed by atoms with Crippen LogP contribution in [0.4, 0.5) is 0 Å². The minimum atomic E-state index is 0.497. The van der Waals surface area contributed by atoms with Crippen molar-refractivity contribution in [2.75, 3.05) is 0 Å². The van der Waals surface area contributed by atoms with Crippen molar-refractivity contribution in [3.8, 4) is 56.6 Å². The van der Waals surface area contributed by atoms with Crippen molar-refractivity contribution in [2.24, 2.45) is 0 Å². The number of furan rings is 1. The second-order valence-electron chi connectivity index (χ2n) is 9.28. The zero-order valence-electron chi connectivity index (χ0n) is 21.0. The first-order chi connectivity index (χ1) is 19.3. The normalized spacial score (nSPS) is 11.1. The topological polar surface area (TPSA) is 51.8 Å². The highest BCUT2D eigenvalue weighted by Gasteiger charge is 2.19. The van der Waals surface area contributed by atoms with Gasteiger partial charge in [-0.25, -0.2) is 15.0 Å². The van der Waals surface area contributed by atoms with E-state index in [0.717, 1.165) is 44.3 Å². The van der Waals surface area contributed by atoms with Gasteiger partial charge in [0.1, 0.15) is 5.58 Å². The molecule has 0 saturated carbocycles. The smallest absolute Gasteiger partial charge is 0.199 e. The van der Waals surface area contributed by atoms with Gasteiger partial charge in [-0.05, 0) is 34.4 Å². The predicted octanol–water partition coefficient (Wildman–Crippen LogP) is 8.95. The van der Waals surface area contributed by atoms with Crippen LogP contribution in [0.3, 0.4) is 0 Å². The Morgan fingerprint density at radius 3 is 1.36 bits per heavy atom. The highest BCUT2D eigenvalue weighted by molar-refractivity contribution is 5.85. The molecule has 0 amide bonds. The molecule has 0 unspecified atom stereocenters. The average Bonchev–Trinajstić information content (AvgIpc) is 3.46. The largest absolute Gasteiger partial charge is 0.453 e. The molecule has 0 saturated heterocycles. The van der Waals surface area contributed by atoms with E-state index in [1.54, 1.807) is 0 Å². The highest BCUT2D eigenvalue weighted by Crippen LogP contribution is 2.35. The van der Waals surface area contributed by atoms with Gasteiger partial charge in [0, 0.05) is 16.5 Å². The minimum Gasteiger partial charge on any atom is -0.453 e. The third kappa shape index (κ3) is 4.38. The SMILES string of the molecule is c1ccc(-c2ccccc2-c2nc(-c3cc4ccccc4o3)nc(-c3ccccc3-c3ccccc3)n2)cc1. The lowest BCUT2D eigenvalue weighted by Crippen LogP contribution is -2.01. The molecular weight excluding hydrogens is 478 g/mol. The van der Waals surface area contributed by atoms with Gasteiger partial charge in [-0.3, -0.25) is 0 Å². The lowest BCUT2D eigenvalue weighted by Gasteiger charge is -2.13. The number of hydrogen-bond donors (Lipinski definition) is 0. The molecule has 0 atom stereocenters. The molecular formula is C35H23N3O. The van der Waals surface area contributed by atoms with E-state index in [1.165, 1.54) is 0 Å². The van der Waals surface area contributed by atoms with Gasteiger partial charge >= 0.3 is 0 Å². The maximum absolute atomic E-state index is 6.21. The van der Waals surface area contributed by atoms with E-state index in [9.17, 15) is 0 Å². The van der Waals surface area contributed by atoms with Crippen molar-refractivity contribution >= 4 is 11.0 Å². The second kappa shape index (κ2) is 9.84. The van der Waals surface area contributed by atoms with E-state index in [4.69, 9.17) is 19.4 Å². The van der Waals surface area contributed by atoms with Crippen LogP contribution in [-0.4, -0.2) is 15.0 Å². The number of para-hydroxylation sites is 1. The van der Waals surface area contributed by atoms with Crippen LogP contribution in [0.5, 0.6) is 0 Å². The number of hydrogen-bond acceptors (Lipinski definition) is 4. The summed E-state index contributed by atoms with van der Waals surface area (Å²) >= 11 is 0. The number of benzene rings is 5. The summed E-state index contributed by atoms with van der Waals surface area (Å²) in [6, 6.07) is 47.0. The zero-order valence-corrected chi connectivity index (χ0v) is 21.0. The Morgan fingerprint density at radius 1 is 0.385 bits per heavy atom. The first kappa shape index (κ1) is 22.8. The summed E-state index contributed by atoms with van der Waals surface area (Å²) in [6.07, 6.45) is 0. The van der Waals surface area contributed by atoms with Gasteiger partial charge < -0.3 is 4.42 Å². The highest BCUT2D eigenvalue weighted by atomic mass is 16.3. The molecule has 2 aromatic heterocycles. The molecule has 2 heterocycles. The molecule has 0 aliphatic rings. The molecule has 184 valence electrons. The summed E-state index contributed by atoms with van der Waals surface area (Å²) in [6.45, 7) is 0. The number of fused-ring (bicyclic) bond motifs is 1. The molecule has 7 rings (SSSR count). The maximum atomic E-state index is 6.21. The Kier molecular flexibility index (Phi) is 5.76. The Bertz CT molecular complexity index is 1780. The predicted molar refractivity (Wildman–Crippen MR) is 157 cm³/mol. The molecule has 0 N–H and O–H groups in total. The summed E-state index contributed by atoms with van der Waals surface area (Å²) in [5, 5.41) is 1.00. The third-order valence-corrected chi connectivity index (χ3v) is 6.79. The van der Waals surface area contributed by atoms with Crippen LogP contribution in [0.2, 0.25) is 0 Å². The maximum Gasteiger partial charge on any atom is 0.199 e. The lowest BCUT2D eigenvalue weighted by atomic mass is 9.98. The quantitative estimate of drug-likeness (QED) is 0.236. The van der Waals surface area contributed by atoms with Gasteiger partial charge in [0.2, 0.25) is 0 Å². The molecule has 7 aromatic rings. The molecule has 0 fully saturated rings. The van der Waals surface area contributed by atoms with E-state index >= 15 is 0 Å². The van der Waals surface area contributed by atoms with E-state index in [2.05, 4.69) is 48.5 Å². The van der Waals surface area contributed by atoms with Gasteiger partial charge in [-0.15, -0.1) is 0 Å². The summed E-state index contributed by atoms with van der Waals surface area (Å²) in [7, 11) is 0. The summed E-state index contributed by atoms with van der Waals surface area (Å²) in [5.41, 5.74) is 6.98. The second-order valence-corrected chi connectivity index (χ2v) is 9.28. The molecule has 5 aromatic carbocycles. The van der Waals surface area contributed by atoms with E-state index in [1.807, 2.05) is 91.0 Å². The first-order valence-electron chi connectivity index (χ1n) is 12.9. The first-order valence-corrected chi connectivity index (χ1v) is 12.9. The van der Waals surface area contributed by atoms with Crippen molar-refractivity contribution < 1.29 is 4.42 Å². The molecule has 4 heteroatoms. The fraction of sp³-hybridized carbons (Fsp3) is 0. The van der Waals surface area contributed by atoms with Crippen molar-refractivity contribution in [1.29, 1.82) is 0 Å². The van der Waals surface area contributed by atoms with Gasteiger partial charge in [-0.2, -0.15) is 0 Å². The zero-order chi connectivity index (χ0) is 26.0. The molecule has 0 radical (unpaired) electrons. The standard InChI is InChI=1S/C35H23N3O/c1-3-13-24(14-4-1)27-18-8-10-20-29(27)33-36-34(30-21-11-9-19-28(30)25-15-5-2-6-16-25)38-35(37-33)32-23-26-17-7-12-22-31(26)39-32/h1-23H. The van der Waals surface area contributed by atoms with E-state index < -0.39 is 0 Å². The number of rotatable bonds is 5. The summed E-state index contributed by atoms with van der Waals surface area (Å²) < 4.78 is 6.21. The molecule has 0 aliphatic heterocycles. The van der Waals surface area contributed by atoms with E-state index in [-0.39, 0.29) is 0 Å². The monoisotopic (exact) mass is 501 g/mol. The van der Waals surface area contributed by atoms with Gasteiger partial charge in [0.05, 0.1) is 0 Å². The van der Waals surface area contributed by atoms with Crippen molar-refractivity contribution in [2.45, 2.75) is 0 Å². The van der Waals surface area contributed by atoms with Gasteiger partial charge in [-0.1, -0.05) is 127 Å². The van der Waals surface area contributed by atoms with Crippen LogP contribution in [0.25, 0.3) is 67.6 Å². The van der Waals surface area contributed by atoms with Crippen molar-refractivity contribution in [3.05, 3.63) is 140 Å². The van der Waals surface area contributed by atoms with Crippen molar-refractivity contribution in [1.82, 2.24) is 15.0 Å². The van der Waals surface area contributed by atoms with Crippen LogP contribution in [0.15, 0.2) is 144 Å². The minimum absolute atomic E-state index is 0.497. The van der Waals surface area contributed by atoms with Crippen LogP contribution in [0.1, 0.15) is 0 Å². The Morgan fingerprint density at radius 2 is 0.821 bits per heavy atom. The molecule has 0 aliphatic carbocycles. The van der Waals surface area contributed by atoms with Crippen LogP contribution < -0.4 is 0 Å². The van der Waals surface area contributed by atoms with Crippen molar-refractivity contribution in [3.63, 3.8) is 0 Å². The van der Waals surface area contributed by atoms with Crippen LogP contribution in [0, 0.1) is 0 Å². The molecule has 0 bridgehead atoms. The fourth-order valence-corrected chi connectivity index (χ4v) is 4.91. The van der Waals surface area contributed by atoms with E-state index in [0.29, 0.717) is 23.2 Å². The average molecular weight is 502 g/mol. The molecule has 39 heavy (non-hydrogen) atoms. The fourth-order valence-electron chi connectivity index (χ4n) is 4.91.